The Morgan fingerprint density at radius 3 is 2.19 bits per heavy atom. The number of aryl methyl sites for hydroxylation is 1. The summed E-state index contributed by atoms with van der Waals surface area (Å²) < 4.78 is 0. The molecule has 3 rings (SSSR count). The fraction of sp³-hybridized carbons (Fsp3) is 0.318. The van der Waals surface area contributed by atoms with Gasteiger partial charge in [0.15, 0.2) is 5.96 Å². The van der Waals surface area contributed by atoms with Crippen LogP contribution in [0.3, 0.4) is 0 Å². The van der Waals surface area contributed by atoms with Gasteiger partial charge in [-0.05, 0) is 37.1 Å². The molecule has 0 aliphatic carbocycles. The highest BCUT2D eigenvalue weighted by atomic mass is 127. The predicted molar refractivity (Wildman–Crippen MR) is 126 cm³/mol. The Bertz CT molecular complexity index is 743. The minimum Gasteiger partial charge on any atom is -0.364 e. The first-order valence-electron chi connectivity index (χ1n) is 9.31. The standard InChI is InChI=1S/C22H28N4.HI/c1-3-23-22(24-16-19-8-6-18(2)7-9-19)25-17-20-10-12-21(13-11-20)26-14-4-5-15-26;/h4-13H,3,14-17H2,1-2H3,(H2,23,24,25);1H. The van der Waals surface area contributed by atoms with Crippen molar-refractivity contribution in [3.05, 3.63) is 77.4 Å². The largest absolute Gasteiger partial charge is 0.364 e. The molecular formula is C22H29IN4. The van der Waals surface area contributed by atoms with Crippen LogP contribution in [0.2, 0.25) is 0 Å². The van der Waals surface area contributed by atoms with E-state index in [9.17, 15) is 0 Å². The lowest BCUT2D eigenvalue weighted by atomic mass is 10.1. The Hall–Kier alpha value is -2.02. The lowest BCUT2D eigenvalue weighted by Crippen LogP contribution is -2.36. The van der Waals surface area contributed by atoms with Crippen molar-refractivity contribution in [2.24, 2.45) is 4.99 Å². The second-order valence-corrected chi connectivity index (χ2v) is 6.58. The van der Waals surface area contributed by atoms with Crippen molar-refractivity contribution >= 4 is 35.6 Å². The van der Waals surface area contributed by atoms with Crippen LogP contribution in [0.15, 0.2) is 65.7 Å². The van der Waals surface area contributed by atoms with Crippen LogP contribution in [0.25, 0.3) is 0 Å². The lowest BCUT2D eigenvalue weighted by molar-refractivity contribution is 0.816. The Kier molecular flexibility index (Phi) is 8.64. The molecule has 5 heteroatoms. The van der Waals surface area contributed by atoms with E-state index in [-0.39, 0.29) is 24.0 Å². The molecular weight excluding hydrogens is 447 g/mol. The van der Waals surface area contributed by atoms with Gasteiger partial charge in [0.1, 0.15) is 0 Å². The van der Waals surface area contributed by atoms with Crippen LogP contribution >= 0.6 is 24.0 Å². The van der Waals surface area contributed by atoms with Crippen molar-refractivity contribution in [3.8, 4) is 0 Å². The van der Waals surface area contributed by atoms with Gasteiger partial charge in [-0.2, -0.15) is 0 Å². The number of guanidine groups is 1. The number of hydrogen-bond donors (Lipinski definition) is 2. The average Bonchev–Trinajstić information content (AvgIpc) is 3.20. The summed E-state index contributed by atoms with van der Waals surface area (Å²) in [5, 5.41) is 6.72. The van der Waals surface area contributed by atoms with Crippen LogP contribution in [0.5, 0.6) is 0 Å². The number of nitrogens with zero attached hydrogens (tertiary/aromatic N) is 2. The number of aliphatic imine (C=N–C) groups is 1. The molecule has 1 aliphatic heterocycles. The first kappa shape index (κ1) is 21.3. The van der Waals surface area contributed by atoms with Crippen LogP contribution in [-0.4, -0.2) is 25.6 Å². The molecule has 2 aromatic rings. The van der Waals surface area contributed by atoms with Crippen LogP contribution in [-0.2, 0) is 13.1 Å². The predicted octanol–water partition coefficient (Wildman–Crippen LogP) is 4.24. The number of halogens is 1. The zero-order valence-corrected chi connectivity index (χ0v) is 18.4. The Balaban J connectivity index is 0.00000261. The number of benzene rings is 2. The number of nitrogens with one attached hydrogen (secondary N) is 2. The van der Waals surface area contributed by atoms with E-state index in [1.807, 2.05) is 0 Å². The summed E-state index contributed by atoms with van der Waals surface area (Å²) in [4.78, 5) is 7.06. The quantitative estimate of drug-likeness (QED) is 0.284. The number of anilines is 1. The highest BCUT2D eigenvalue weighted by molar-refractivity contribution is 14.0. The lowest BCUT2D eigenvalue weighted by Gasteiger charge is -2.17. The molecule has 0 radical (unpaired) electrons. The van der Waals surface area contributed by atoms with Gasteiger partial charge in [-0.1, -0.05) is 54.1 Å². The monoisotopic (exact) mass is 476 g/mol. The van der Waals surface area contributed by atoms with Crippen LogP contribution in [0.4, 0.5) is 5.69 Å². The summed E-state index contributed by atoms with van der Waals surface area (Å²) in [6.07, 6.45) is 4.42. The minimum atomic E-state index is 0. The maximum Gasteiger partial charge on any atom is 0.191 e. The molecule has 0 saturated heterocycles. The van der Waals surface area contributed by atoms with Crippen LogP contribution < -0.4 is 15.5 Å². The van der Waals surface area contributed by atoms with E-state index in [1.54, 1.807) is 0 Å². The van der Waals surface area contributed by atoms with Gasteiger partial charge in [-0.3, -0.25) is 0 Å². The van der Waals surface area contributed by atoms with Gasteiger partial charge in [-0.15, -0.1) is 24.0 Å². The fourth-order valence-corrected chi connectivity index (χ4v) is 2.90. The summed E-state index contributed by atoms with van der Waals surface area (Å²) in [5.74, 6) is 0.848. The van der Waals surface area contributed by atoms with E-state index in [0.29, 0.717) is 6.54 Å². The zero-order valence-electron chi connectivity index (χ0n) is 16.1. The van der Waals surface area contributed by atoms with Gasteiger partial charge < -0.3 is 15.5 Å². The van der Waals surface area contributed by atoms with Gasteiger partial charge >= 0.3 is 0 Å². The normalized spacial score (nSPS) is 13.4. The molecule has 0 spiro atoms. The molecule has 2 N–H and O–H groups in total. The molecule has 0 unspecified atom stereocenters. The maximum atomic E-state index is 4.71. The van der Waals surface area contributed by atoms with Crippen molar-refractivity contribution in [1.29, 1.82) is 0 Å². The van der Waals surface area contributed by atoms with E-state index in [2.05, 4.69) is 90.1 Å². The topological polar surface area (TPSA) is 39.7 Å². The number of rotatable bonds is 6. The second kappa shape index (κ2) is 11.0. The zero-order chi connectivity index (χ0) is 18.2. The third kappa shape index (κ3) is 6.57. The van der Waals surface area contributed by atoms with Gasteiger partial charge in [-0.25, -0.2) is 4.99 Å². The average molecular weight is 476 g/mol. The highest BCUT2D eigenvalue weighted by Gasteiger charge is 2.07. The van der Waals surface area contributed by atoms with E-state index in [4.69, 9.17) is 4.99 Å². The SMILES string of the molecule is CCNC(=NCc1ccc(N2CC=CC2)cc1)NCc1ccc(C)cc1.I. The molecule has 2 aromatic carbocycles. The fourth-order valence-electron chi connectivity index (χ4n) is 2.90. The summed E-state index contributed by atoms with van der Waals surface area (Å²) in [5.41, 5.74) is 5.02. The van der Waals surface area contributed by atoms with E-state index in [1.165, 1.54) is 22.4 Å². The Labute approximate surface area is 179 Å². The van der Waals surface area contributed by atoms with Crippen molar-refractivity contribution < 1.29 is 0 Å². The van der Waals surface area contributed by atoms with Crippen LogP contribution in [0, 0.1) is 6.92 Å². The van der Waals surface area contributed by atoms with Crippen molar-refractivity contribution in [1.82, 2.24) is 10.6 Å². The molecule has 144 valence electrons. The molecule has 27 heavy (non-hydrogen) atoms. The Morgan fingerprint density at radius 1 is 0.926 bits per heavy atom. The molecule has 1 heterocycles. The smallest absolute Gasteiger partial charge is 0.191 e. The molecule has 4 nitrogen and oxygen atoms in total. The van der Waals surface area contributed by atoms with E-state index < -0.39 is 0 Å². The molecule has 1 aliphatic rings. The molecule has 0 saturated carbocycles. The molecule has 0 fully saturated rings. The third-order valence-corrected chi connectivity index (χ3v) is 4.46. The van der Waals surface area contributed by atoms with Crippen molar-refractivity contribution in [2.45, 2.75) is 26.9 Å². The van der Waals surface area contributed by atoms with Crippen LogP contribution in [0.1, 0.15) is 23.6 Å². The second-order valence-electron chi connectivity index (χ2n) is 6.58. The Morgan fingerprint density at radius 2 is 1.56 bits per heavy atom. The first-order chi connectivity index (χ1) is 12.7. The van der Waals surface area contributed by atoms with E-state index in [0.717, 1.165) is 32.1 Å². The summed E-state index contributed by atoms with van der Waals surface area (Å²) in [7, 11) is 0. The van der Waals surface area contributed by atoms with Gasteiger partial charge in [0.25, 0.3) is 0 Å². The molecule has 0 amide bonds. The first-order valence-corrected chi connectivity index (χ1v) is 9.31. The van der Waals surface area contributed by atoms with Gasteiger partial charge in [0, 0.05) is 31.9 Å². The summed E-state index contributed by atoms with van der Waals surface area (Å²) in [6.45, 7) is 8.49. The minimum absolute atomic E-state index is 0. The number of hydrogen-bond acceptors (Lipinski definition) is 2. The summed E-state index contributed by atoms with van der Waals surface area (Å²) in [6, 6.07) is 17.3. The molecule has 0 atom stereocenters. The van der Waals surface area contributed by atoms with E-state index >= 15 is 0 Å². The maximum absolute atomic E-state index is 4.71. The van der Waals surface area contributed by atoms with Gasteiger partial charge in [0.05, 0.1) is 6.54 Å². The third-order valence-electron chi connectivity index (χ3n) is 4.46. The molecule has 0 aromatic heterocycles. The van der Waals surface area contributed by atoms with Crippen molar-refractivity contribution in [3.63, 3.8) is 0 Å². The molecule has 0 bridgehead atoms. The highest BCUT2D eigenvalue weighted by Crippen LogP contribution is 2.17. The van der Waals surface area contributed by atoms with Gasteiger partial charge in [0.2, 0.25) is 0 Å². The summed E-state index contributed by atoms with van der Waals surface area (Å²) >= 11 is 0. The van der Waals surface area contributed by atoms with Crippen molar-refractivity contribution in [2.75, 3.05) is 24.5 Å².